The zero-order valence-electron chi connectivity index (χ0n) is 11.5. The van der Waals surface area contributed by atoms with Crippen LogP contribution in [0.2, 0.25) is 0 Å². The molecule has 0 aromatic heterocycles. The maximum absolute atomic E-state index is 12.6. The number of para-hydroxylation sites is 1. The van der Waals surface area contributed by atoms with Gasteiger partial charge in [0.1, 0.15) is 11.8 Å². The molecule has 0 aliphatic carbocycles. The minimum atomic E-state index is -0.425. The fourth-order valence-corrected chi connectivity index (χ4v) is 2.78. The Morgan fingerprint density at radius 2 is 2.20 bits per heavy atom. The summed E-state index contributed by atoms with van der Waals surface area (Å²) >= 11 is 0. The minimum Gasteiger partial charge on any atom is -0.495 e. The molecule has 2 amide bonds. The smallest absolute Gasteiger partial charge is 0.257 e. The second-order valence-corrected chi connectivity index (χ2v) is 4.97. The van der Waals surface area contributed by atoms with Gasteiger partial charge in [-0.1, -0.05) is 17.7 Å². The van der Waals surface area contributed by atoms with Crippen molar-refractivity contribution in [2.24, 2.45) is 0 Å². The van der Waals surface area contributed by atoms with Crippen molar-refractivity contribution < 1.29 is 14.3 Å². The Morgan fingerprint density at radius 1 is 1.40 bits per heavy atom. The van der Waals surface area contributed by atoms with Crippen molar-refractivity contribution in [1.29, 1.82) is 0 Å². The van der Waals surface area contributed by atoms with Gasteiger partial charge in [0.05, 0.1) is 18.4 Å². The Hall–Kier alpha value is -2.30. The van der Waals surface area contributed by atoms with Gasteiger partial charge in [-0.25, -0.2) is 0 Å². The highest BCUT2D eigenvalue weighted by molar-refractivity contribution is 6.11. The van der Waals surface area contributed by atoms with Crippen molar-refractivity contribution in [2.45, 2.75) is 19.4 Å². The molecule has 3 rings (SSSR count). The van der Waals surface area contributed by atoms with E-state index in [0.29, 0.717) is 30.0 Å². The average molecular weight is 272 g/mol. The molecule has 0 radical (unpaired) electrons. The number of methoxy groups -OCH3 is 1. The van der Waals surface area contributed by atoms with Gasteiger partial charge < -0.3 is 15.0 Å². The lowest BCUT2D eigenvalue weighted by Gasteiger charge is -2.19. The molecule has 20 heavy (non-hydrogen) atoms. The van der Waals surface area contributed by atoms with Gasteiger partial charge >= 0.3 is 0 Å². The van der Waals surface area contributed by atoms with E-state index in [9.17, 15) is 9.59 Å². The fourth-order valence-electron chi connectivity index (χ4n) is 2.78. The molecular formula is C15H16N2O3. The van der Waals surface area contributed by atoms with Crippen LogP contribution in [0.15, 0.2) is 29.8 Å². The van der Waals surface area contributed by atoms with Crippen LogP contribution < -0.4 is 10.1 Å². The summed E-state index contributed by atoms with van der Waals surface area (Å²) in [5.74, 6) is 0.231. The number of hydrogen-bond donors (Lipinski definition) is 1. The van der Waals surface area contributed by atoms with Gasteiger partial charge in [-0.3, -0.25) is 9.59 Å². The predicted octanol–water partition coefficient (Wildman–Crippen LogP) is 1.81. The maximum atomic E-state index is 12.6. The quantitative estimate of drug-likeness (QED) is 0.793. The van der Waals surface area contributed by atoms with Crippen molar-refractivity contribution in [3.8, 4) is 5.75 Å². The molecule has 1 aromatic rings. The van der Waals surface area contributed by atoms with E-state index in [-0.39, 0.29) is 11.8 Å². The van der Waals surface area contributed by atoms with Crippen LogP contribution in [0.5, 0.6) is 5.75 Å². The summed E-state index contributed by atoms with van der Waals surface area (Å²) in [5.41, 5.74) is 2.07. The molecule has 5 nitrogen and oxygen atoms in total. The third kappa shape index (κ3) is 1.78. The first-order valence-electron chi connectivity index (χ1n) is 6.58. The standard InChI is InChI=1S/C15H16N2O3/c1-3-9-7-11-14(18)16-13-10(15(19)17(11)8-9)5-4-6-12(13)20-2/h3-6,11H,7-8H2,1-2H3,(H,16,18)/t11-/m0/s1. The molecule has 1 N–H and O–H groups in total. The zero-order chi connectivity index (χ0) is 14.3. The number of nitrogens with one attached hydrogen (secondary N) is 1. The van der Waals surface area contributed by atoms with Crippen molar-refractivity contribution in [2.75, 3.05) is 19.0 Å². The van der Waals surface area contributed by atoms with Crippen LogP contribution in [0.3, 0.4) is 0 Å². The average Bonchev–Trinajstić information content (AvgIpc) is 2.87. The molecule has 1 saturated heterocycles. The molecule has 5 heteroatoms. The number of carbonyl (C=O) groups is 2. The van der Waals surface area contributed by atoms with Crippen molar-refractivity contribution >= 4 is 17.5 Å². The predicted molar refractivity (Wildman–Crippen MR) is 74.8 cm³/mol. The number of allylic oxidation sites excluding steroid dienone is 1. The highest BCUT2D eigenvalue weighted by atomic mass is 16.5. The summed E-state index contributed by atoms with van der Waals surface area (Å²) in [7, 11) is 1.52. The van der Waals surface area contributed by atoms with Crippen molar-refractivity contribution in [1.82, 2.24) is 4.90 Å². The van der Waals surface area contributed by atoms with Crippen molar-refractivity contribution in [3.63, 3.8) is 0 Å². The molecule has 104 valence electrons. The lowest BCUT2D eigenvalue weighted by molar-refractivity contribution is -0.119. The van der Waals surface area contributed by atoms with Crippen LogP contribution in [-0.4, -0.2) is 36.4 Å². The van der Waals surface area contributed by atoms with E-state index >= 15 is 0 Å². The van der Waals surface area contributed by atoms with E-state index in [1.165, 1.54) is 7.11 Å². The first kappa shape index (κ1) is 12.7. The Kier molecular flexibility index (Phi) is 2.97. The van der Waals surface area contributed by atoms with Gasteiger partial charge in [-0.05, 0) is 25.5 Å². The molecule has 1 fully saturated rings. The Balaban J connectivity index is 2.10. The first-order valence-corrected chi connectivity index (χ1v) is 6.58. The van der Waals surface area contributed by atoms with E-state index in [4.69, 9.17) is 4.74 Å². The van der Waals surface area contributed by atoms with Gasteiger partial charge in [-0.2, -0.15) is 0 Å². The van der Waals surface area contributed by atoms with Crippen LogP contribution in [0.25, 0.3) is 0 Å². The molecule has 0 bridgehead atoms. The summed E-state index contributed by atoms with van der Waals surface area (Å²) < 4.78 is 5.23. The normalized spacial score (nSPS) is 23.2. The Morgan fingerprint density at radius 3 is 2.90 bits per heavy atom. The third-order valence-electron chi connectivity index (χ3n) is 3.90. The molecule has 0 spiro atoms. The van der Waals surface area contributed by atoms with Gasteiger partial charge in [0.2, 0.25) is 5.91 Å². The van der Waals surface area contributed by atoms with Crippen LogP contribution >= 0.6 is 0 Å². The molecule has 1 atom stereocenters. The molecule has 2 aliphatic rings. The number of amides is 2. The summed E-state index contributed by atoms with van der Waals surface area (Å²) in [6, 6.07) is 4.79. The maximum Gasteiger partial charge on any atom is 0.257 e. The van der Waals surface area contributed by atoms with Crippen molar-refractivity contribution in [3.05, 3.63) is 35.4 Å². The molecule has 2 heterocycles. The van der Waals surface area contributed by atoms with E-state index in [0.717, 1.165) is 5.57 Å². The van der Waals surface area contributed by atoms with Crippen LogP contribution in [0, 0.1) is 0 Å². The van der Waals surface area contributed by atoms with Crippen LogP contribution in [0.4, 0.5) is 5.69 Å². The number of hydrogen-bond acceptors (Lipinski definition) is 3. The SMILES string of the molecule is CC=C1C[C@H]2C(=O)Nc3c(OC)cccc3C(=O)N2C1. The van der Waals surface area contributed by atoms with Crippen LogP contribution in [-0.2, 0) is 4.79 Å². The van der Waals surface area contributed by atoms with Gasteiger partial charge in [0.25, 0.3) is 5.91 Å². The molecule has 2 aliphatic heterocycles. The molecule has 0 unspecified atom stereocenters. The van der Waals surface area contributed by atoms with E-state index in [1.54, 1.807) is 23.1 Å². The lowest BCUT2D eigenvalue weighted by Crippen LogP contribution is -2.40. The summed E-state index contributed by atoms with van der Waals surface area (Å²) in [4.78, 5) is 26.6. The van der Waals surface area contributed by atoms with E-state index in [2.05, 4.69) is 5.32 Å². The largest absolute Gasteiger partial charge is 0.495 e. The highest BCUT2D eigenvalue weighted by Crippen LogP contribution is 2.35. The zero-order valence-corrected chi connectivity index (χ0v) is 11.5. The second-order valence-electron chi connectivity index (χ2n) is 4.97. The number of rotatable bonds is 1. The van der Waals surface area contributed by atoms with E-state index < -0.39 is 6.04 Å². The summed E-state index contributed by atoms with van der Waals surface area (Å²) in [5, 5.41) is 2.83. The minimum absolute atomic E-state index is 0.126. The third-order valence-corrected chi connectivity index (χ3v) is 3.90. The number of fused-ring (bicyclic) bond motifs is 2. The topological polar surface area (TPSA) is 58.6 Å². The summed E-state index contributed by atoms with van der Waals surface area (Å²) in [6.07, 6.45) is 2.58. The number of nitrogens with zero attached hydrogens (tertiary/aromatic N) is 1. The monoisotopic (exact) mass is 272 g/mol. The Bertz CT molecular complexity index is 622. The number of anilines is 1. The highest BCUT2D eigenvalue weighted by Gasteiger charge is 2.40. The van der Waals surface area contributed by atoms with E-state index in [1.807, 2.05) is 13.0 Å². The van der Waals surface area contributed by atoms with Crippen LogP contribution in [0.1, 0.15) is 23.7 Å². The number of benzene rings is 1. The Labute approximate surface area is 117 Å². The molecular weight excluding hydrogens is 256 g/mol. The van der Waals surface area contributed by atoms with Gasteiger partial charge in [0, 0.05) is 6.54 Å². The van der Waals surface area contributed by atoms with Gasteiger partial charge in [-0.15, -0.1) is 0 Å². The number of ether oxygens (including phenoxy) is 1. The first-order chi connectivity index (χ1) is 9.65. The molecule has 1 aromatic carbocycles. The number of carbonyl (C=O) groups excluding carboxylic acids is 2. The summed E-state index contributed by atoms with van der Waals surface area (Å²) in [6.45, 7) is 2.45. The molecule has 0 saturated carbocycles. The lowest BCUT2D eigenvalue weighted by atomic mass is 10.1. The second kappa shape index (κ2) is 4.67. The van der Waals surface area contributed by atoms with Gasteiger partial charge in [0.15, 0.2) is 0 Å². The fraction of sp³-hybridized carbons (Fsp3) is 0.333.